The monoisotopic (exact) mass is 569 g/mol. The summed E-state index contributed by atoms with van der Waals surface area (Å²) in [6, 6.07) is 5.37. The molecule has 3 atom stereocenters. The number of nitrogens with one attached hydrogen (secondary N) is 2. The van der Waals surface area contributed by atoms with Gasteiger partial charge in [0.15, 0.2) is 0 Å². The number of carbonyl (C=O) groups is 2. The molecule has 0 saturated carbocycles. The highest BCUT2D eigenvalue weighted by Crippen LogP contribution is 2.34. The van der Waals surface area contributed by atoms with Gasteiger partial charge < -0.3 is 19.9 Å². The Morgan fingerprint density at radius 3 is 2.59 bits per heavy atom. The van der Waals surface area contributed by atoms with Crippen molar-refractivity contribution < 1.29 is 14.3 Å². The highest BCUT2D eigenvalue weighted by Gasteiger charge is 2.40. The van der Waals surface area contributed by atoms with Crippen LogP contribution in [0.3, 0.4) is 0 Å². The first-order chi connectivity index (χ1) is 16.6. The number of aromatic nitrogens is 2. The summed E-state index contributed by atoms with van der Waals surface area (Å²) >= 11 is 6.42. The van der Waals surface area contributed by atoms with Crippen molar-refractivity contribution in [1.29, 1.82) is 0 Å². The maximum atomic E-state index is 13.6. The molecular weight excluding hydrogens is 537 g/mol. The van der Waals surface area contributed by atoms with Gasteiger partial charge in [0.2, 0.25) is 11.8 Å². The number of carbonyl (C=O) groups excluding carboxylic acids is 2. The number of morpholine rings is 1. The van der Waals surface area contributed by atoms with Crippen LogP contribution in [0, 0.1) is 0 Å². The average Bonchev–Trinajstić information content (AvgIpc) is 3.32. The fourth-order valence-electron chi connectivity index (χ4n) is 5.54. The van der Waals surface area contributed by atoms with Gasteiger partial charge in [0.25, 0.3) is 0 Å². The molecule has 5 rings (SSSR count). The molecule has 1 aromatic carbocycles. The van der Waals surface area contributed by atoms with Crippen molar-refractivity contribution in [3.63, 3.8) is 0 Å². The first-order valence-electron chi connectivity index (χ1n) is 12.2. The van der Waals surface area contributed by atoms with Gasteiger partial charge in [0.1, 0.15) is 6.04 Å². The van der Waals surface area contributed by atoms with Crippen LogP contribution in [0.2, 0.25) is 5.02 Å². The van der Waals surface area contributed by atoms with Gasteiger partial charge in [-0.25, -0.2) is 0 Å². The maximum absolute atomic E-state index is 13.6. The lowest BCUT2D eigenvalue weighted by molar-refractivity contribution is -0.151. The van der Waals surface area contributed by atoms with Crippen molar-refractivity contribution in [2.24, 2.45) is 0 Å². The van der Waals surface area contributed by atoms with Crippen molar-refractivity contribution in [2.45, 2.75) is 64.3 Å². The maximum Gasteiger partial charge on any atom is 0.244 e. The van der Waals surface area contributed by atoms with Gasteiger partial charge in [-0.3, -0.25) is 19.5 Å². The van der Waals surface area contributed by atoms with E-state index < -0.39 is 11.6 Å². The molecule has 3 aromatic rings. The number of hydrogen-bond acceptors (Lipinski definition) is 5. The number of fused-ring (bicyclic) bond motifs is 3. The normalized spacial score (nSPS) is 23.5. The van der Waals surface area contributed by atoms with Crippen LogP contribution in [-0.4, -0.2) is 75.0 Å². The molecule has 2 fully saturated rings. The summed E-state index contributed by atoms with van der Waals surface area (Å²) in [5, 5.41) is 5.47. The van der Waals surface area contributed by atoms with Crippen LogP contribution in [-0.2, 0) is 14.3 Å². The molecule has 2 aliphatic rings. The minimum absolute atomic E-state index is 0. The number of benzene rings is 1. The van der Waals surface area contributed by atoms with E-state index in [4.69, 9.17) is 16.3 Å². The molecule has 1 unspecified atom stereocenters. The quantitative estimate of drug-likeness (QED) is 0.459. The van der Waals surface area contributed by atoms with E-state index in [-0.39, 0.29) is 61.9 Å². The summed E-state index contributed by atoms with van der Waals surface area (Å²) in [5.74, 6) is -0.164. The Kier molecular flexibility index (Phi) is 9.02. The number of halogens is 3. The van der Waals surface area contributed by atoms with Crippen molar-refractivity contribution in [1.82, 2.24) is 19.8 Å². The van der Waals surface area contributed by atoms with Gasteiger partial charge in [-0.15, -0.1) is 24.8 Å². The molecule has 0 spiro atoms. The lowest BCUT2D eigenvalue weighted by Gasteiger charge is -2.43. The smallest absolute Gasteiger partial charge is 0.244 e. The fraction of sp³-hybridized carbons (Fsp3) is 0.500. The molecule has 2 amide bonds. The van der Waals surface area contributed by atoms with E-state index in [1.165, 1.54) is 0 Å². The predicted octanol–water partition coefficient (Wildman–Crippen LogP) is 5.03. The number of anilines is 1. The van der Waals surface area contributed by atoms with Crippen LogP contribution in [0.15, 0.2) is 30.6 Å². The summed E-state index contributed by atoms with van der Waals surface area (Å²) in [6.07, 6.45) is 5.50. The van der Waals surface area contributed by atoms with Crippen LogP contribution in [0.5, 0.6) is 0 Å². The van der Waals surface area contributed by atoms with Gasteiger partial charge in [0.05, 0.1) is 41.7 Å². The average molecular weight is 571 g/mol. The van der Waals surface area contributed by atoms with Gasteiger partial charge in [0, 0.05) is 40.6 Å². The van der Waals surface area contributed by atoms with Crippen molar-refractivity contribution in [3.8, 4) is 0 Å². The van der Waals surface area contributed by atoms with Crippen LogP contribution in [0.4, 0.5) is 5.69 Å². The summed E-state index contributed by atoms with van der Waals surface area (Å²) < 4.78 is 6.01. The molecule has 2 saturated heterocycles. The highest BCUT2D eigenvalue weighted by atomic mass is 35.5. The largest absolute Gasteiger partial charge is 0.372 e. The molecular formula is C26H34Cl3N5O3. The zero-order valence-corrected chi connectivity index (χ0v) is 23.8. The number of likely N-dealkylation sites (tertiary alicyclic amines) is 1. The third-order valence-electron chi connectivity index (χ3n) is 7.27. The minimum Gasteiger partial charge on any atom is -0.372 e. The molecule has 0 aliphatic carbocycles. The Morgan fingerprint density at radius 1 is 1.19 bits per heavy atom. The SMILES string of the molecule is C[C@@H]1CC[C@@H](C)N1C(=O)CN1CC(C)(C)OCC1C(=O)Nc1cc(Cl)cc2c1[nH]c1cnccc12.Cl.Cl. The number of amides is 2. The summed E-state index contributed by atoms with van der Waals surface area (Å²) in [5.41, 5.74) is 1.79. The molecule has 2 aromatic heterocycles. The number of hydrogen-bond donors (Lipinski definition) is 2. The molecule has 37 heavy (non-hydrogen) atoms. The van der Waals surface area contributed by atoms with Gasteiger partial charge in [-0.1, -0.05) is 11.6 Å². The lowest BCUT2D eigenvalue weighted by Crippen LogP contribution is -2.60. The Balaban J connectivity index is 0.00000190. The Morgan fingerprint density at radius 2 is 1.89 bits per heavy atom. The third kappa shape index (κ3) is 5.83. The molecule has 2 N–H and O–H groups in total. The second-order valence-electron chi connectivity index (χ2n) is 10.5. The molecule has 4 heterocycles. The Hall–Kier alpha value is -2.10. The van der Waals surface area contributed by atoms with E-state index in [9.17, 15) is 9.59 Å². The summed E-state index contributed by atoms with van der Waals surface area (Å²) in [4.78, 5) is 38.3. The van der Waals surface area contributed by atoms with E-state index in [1.807, 2.05) is 35.8 Å². The second-order valence-corrected chi connectivity index (χ2v) is 10.9. The molecule has 8 nitrogen and oxygen atoms in total. The number of pyridine rings is 1. The van der Waals surface area contributed by atoms with E-state index in [2.05, 4.69) is 29.1 Å². The molecule has 11 heteroatoms. The van der Waals surface area contributed by atoms with Crippen molar-refractivity contribution in [2.75, 3.05) is 25.0 Å². The molecule has 202 valence electrons. The number of aromatic amines is 1. The van der Waals surface area contributed by atoms with Crippen molar-refractivity contribution in [3.05, 3.63) is 35.6 Å². The molecule has 0 radical (unpaired) electrons. The Bertz CT molecular complexity index is 1290. The third-order valence-corrected chi connectivity index (χ3v) is 7.49. The van der Waals surface area contributed by atoms with E-state index in [0.29, 0.717) is 17.3 Å². The van der Waals surface area contributed by atoms with Crippen LogP contribution < -0.4 is 5.32 Å². The summed E-state index contributed by atoms with van der Waals surface area (Å²) in [6.45, 7) is 9.03. The standard InChI is InChI=1S/C26H32ClN5O3.2ClH/c1-15-5-6-16(2)32(15)23(33)12-31-14-26(3,4)35-13-22(31)25(34)30-20-10-17(27)9-19-18-7-8-28-11-21(18)29-24(19)20;;/h7-11,15-16,22,29H,5-6,12-14H2,1-4H3,(H,30,34);2*1H/t15-,16-,22?;;/m1../s1. The highest BCUT2D eigenvalue weighted by molar-refractivity contribution is 6.33. The van der Waals surface area contributed by atoms with Gasteiger partial charge in [-0.05, 0) is 58.7 Å². The topological polar surface area (TPSA) is 90.6 Å². The van der Waals surface area contributed by atoms with Crippen LogP contribution in [0.25, 0.3) is 21.8 Å². The first kappa shape index (κ1) is 29.5. The van der Waals surface area contributed by atoms with Crippen LogP contribution in [0.1, 0.15) is 40.5 Å². The zero-order valence-electron chi connectivity index (χ0n) is 21.4. The number of ether oxygens (including phenoxy) is 1. The molecule has 2 aliphatic heterocycles. The zero-order chi connectivity index (χ0) is 24.9. The number of nitrogens with zero attached hydrogens (tertiary/aromatic N) is 3. The van der Waals surface area contributed by atoms with Gasteiger partial charge >= 0.3 is 0 Å². The van der Waals surface area contributed by atoms with Crippen molar-refractivity contribution >= 4 is 75.7 Å². The Labute approximate surface area is 234 Å². The van der Waals surface area contributed by atoms with Crippen LogP contribution >= 0.6 is 36.4 Å². The fourth-order valence-corrected chi connectivity index (χ4v) is 5.75. The summed E-state index contributed by atoms with van der Waals surface area (Å²) in [7, 11) is 0. The number of H-pyrrole nitrogens is 1. The number of rotatable bonds is 4. The van der Waals surface area contributed by atoms with Gasteiger partial charge in [-0.2, -0.15) is 0 Å². The minimum atomic E-state index is -0.597. The lowest BCUT2D eigenvalue weighted by atomic mass is 10.0. The van der Waals surface area contributed by atoms with E-state index >= 15 is 0 Å². The molecule has 0 bridgehead atoms. The first-order valence-corrected chi connectivity index (χ1v) is 12.6. The second kappa shape index (κ2) is 11.3. The predicted molar refractivity (Wildman–Crippen MR) is 152 cm³/mol. The van der Waals surface area contributed by atoms with E-state index in [0.717, 1.165) is 34.6 Å². The van der Waals surface area contributed by atoms with E-state index in [1.54, 1.807) is 18.5 Å².